The molecule has 0 aliphatic carbocycles. The predicted octanol–water partition coefficient (Wildman–Crippen LogP) is 2.37. The molecule has 1 aromatic heterocycles. The number of halogens is 1. The molecule has 3 rings (SSSR count). The summed E-state index contributed by atoms with van der Waals surface area (Å²) < 4.78 is 31.9. The van der Waals surface area contributed by atoms with Gasteiger partial charge in [0.15, 0.2) is 0 Å². The largest absolute Gasteiger partial charge is 0.379 e. The lowest BCUT2D eigenvalue weighted by Gasteiger charge is -2.26. The first-order valence-corrected chi connectivity index (χ1v) is 10.7. The highest BCUT2D eigenvalue weighted by molar-refractivity contribution is 7.89. The fourth-order valence-electron chi connectivity index (χ4n) is 2.81. The van der Waals surface area contributed by atoms with Crippen LogP contribution in [0.1, 0.15) is 18.3 Å². The zero-order valence-electron chi connectivity index (χ0n) is 15.2. The lowest BCUT2D eigenvalue weighted by Crippen LogP contribution is -2.40. The number of hydrogen-bond donors (Lipinski definition) is 1. The third-order valence-corrected chi connectivity index (χ3v) is 6.41. The fourth-order valence-corrected chi connectivity index (χ4v) is 4.42. The van der Waals surface area contributed by atoms with Crippen LogP contribution in [0.4, 0.5) is 5.82 Å². The first-order chi connectivity index (χ1) is 13.0. The van der Waals surface area contributed by atoms with E-state index in [0.717, 1.165) is 12.0 Å². The van der Waals surface area contributed by atoms with Crippen LogP contribution in [0.3, 0.4) is 0 Å². The average molecular weight is 411 g/mol. The summed E-state index contributed by atoms with van der Waals surface area (Å²) >= 11 is 5.99. The number of hydrogen-bond acceptors (Lipinski definition) is 6. The van der Waals surface area contributed by atoms with E-state index in [9.17, 15) is 8.42 Å². The first-order valence-electron chi connectivity index (χ1n) is 8.93. The molecule has 9 heteroatoms. The van der Waals surface area contributed by atoms with Crippen molar-refractivity contribution in [1.82, 2.24) is 14.3 Å². The molecule has 0 radical (unpaired) electrons. The summed E-state index contributed by atoms with van der Waals surface area (Å²) in [4.78, 5) is 8.83. The van der Waals surface area contributed by atoms with Gasteiger partial charge in [-0.3, -0.25) is 0 Å². The SMILES string of the molecule is CCc1nc(Cl)cc(NCCc2ccc(S(=O)(=O)N3CCOCC3)cc2)n1. The van der Waals surface area contributed by atoms with Crippen molar-refractivity contribution in [2.75, 3.05) is 38.2 Å². The van der Waals surface area contributed by atoms with Crippen molar-refractivity contribution in [2.24, 2.45) is 0 Å². The first kappa shape index (κ1) is 20.0. The van der Waals surface area contributed by atoms with Gasteiger partial charge in [-0.05, 0) is 24.1 Å². The van der Waals surface area contributed by atoms with Gasteiger partial charge >= 0.3 is 0 Å². The number of sulfonamides is 1. The molecular weight excluding hydrogens is 388 g/mol. The van der Waals surface area contributed by atoms with Crippen LogP contribution in [-0.2, 0) is 27.6 Å². The summed E-state index contributed by atoms with van der Waals surface area (Å²) in [6.45, 7) is 4.31. The number of aryl methyl sites for hydroxylation is 1. The van der Waals surface area contributed by atoms with E-state index in [-0.39, 0.29) is 0 Å². The van der Waals surface area contributed by atoms with Crippen molar-refractivity contribution in [3.05, 3.63) is 46.9 Å². The fraction of sp³-hybridized carbons (Fsp3) is 0.444. The lowest BCUT2D eigenvalue weighted by atomic mass is 10.1. The van der Waals surface area contributed by atoms with E-state index >= 15 is 0 Å². The molecule has 7 nitrogen and oxygen atoms in total. The minimum atomic E-state index is -3.45. The molecule has 1 saturated heterocycles. The molecule has 2 aromatic rings. The molecule has 0 bridgehead atoms. The highest BCUT2D eigenvalue weighted by Crippen LogP contribution is 2.18. The third kappa shape index (κ3) is 5.16. The molecule has 1 aliphatic rings. The summed E-state index contributed by atoms with van der Waals surface area (Å²) in [5.74, 6) is 1.39. The number of benzene rings is 1. The summed E-state index contributed by atoms with van der Waals surface area (Å²) in [7, 11) is -3.45. The Kier molecular flexibility index (Phi) is 6.64. The van der Waals surface area contributed by atoms with Crippen LogP contribution in [0, 0.1) is 0 Å². The Morgan fingerprint density at radius 2 is 1.89 bits per heavy atom. The maximum Gasteiger partial charge on any atom is 0.243 e. The van der Waals surface area contributed by atoms with E-state index < -0.39 is 10.0 Å². The molecule has 1 fully saturated rings. The molecular formula is C18H23ClN4O3S. The number of ether oxygens (including phenoxy) is 1. The number of anilines is 1. The van der Waals surface area contributed by atoms with Gasteiger partial charge in [0, 0.05) is 32.1 Å². The standard InChI is InChI=1S/C18H23ClN4O3S/c1-2-17-21-16(19)13-18(22-17)20-8-7-14-3-5-15(6-4-14)27(24,25)23-9-11-26-12-10-23/h3-6,13H,2,7-12H2,1H3,(H,20,21,22). The van der Waals surface area contributed by atoms with Crippen molar-refractivity contribution in [3.63, 3.8) is 0 Å². The molecule has 27 heavy (non-hydrogen) atoms. The summed E-state index contributed by atoms with van der Waals surface area (Å²) in [6.07, 6.45) is 1.45. The van der Waals surface area contributed by atoms with Crippen molar-refractivity contribution in [1.29, 1.82) is 0 Å². The van der Waals surface area contributed by atoms with Crippen LogP contribution in [0.5, 0.6) is 0 Å². The minimum Gasteiger partial charge on any atom is -0.379 e. The number of nitrogens with one attached hydrogen (secondary N) is 1. The van der Waals surface area contributed by atoms with E-state index in [1.807, 2.05) is 19.1 Å². The van der Waals surface area contributed by atoms with Gasteiger partial charge in [-0.1, -0.05) is 30.7 Å². The Labute approximate surface area is 164 Å². The normalized spacial score (nSPS) is 15.6. The molecule has 146 valence electrons. The maximum absolute atomic E-state index is 12.6. The zero-order chi connectivity index (χ0) is 19.3. The maximum atomic E-state index is 12.6. The van der Waals surface area contributed by atoms with Gasteiger partial charge < -0.3 is 10.1 Å². The zero-order valence-corrected chi connectivity index (χ0v) is 16.8. The summed E-state index contributed by atoms with van der Waals surface area (Å²) in [6, 6.07) is 8.71. The van der Waals surface area contributed by atoms with Gasteiger partial charge in [0.05, 0.1) is 18.1 Å². The van der Waals surface area contributed by atoms with Gasteiger partial charge in [0.25, 0.3) is 0 Å². The van der Waals surface area contributed by atoms with Crippen LogP contribution in [0.15, 0.2) is 35.2 Å². The van der Waals surface area contributed by atoms with E-state index in [2.05, 4.69) is 15.3 Å². The molecule has 2 heterocycles. The molecule has 0 spiro atoms. The number of rotatable bonds is 7. The van der Waals surface area contributed by atoms with Crippen molar-refractivity contribution in [3.8, 4) is 0 Å². The Morgan fingerprint density at radius 3 is 2.56 bits per heavy atom. The Hall–Kier alpha value is -1.74. The topological polar surface area (TPSA) is 84.4 Å². The number of aromatic nitrogens is 2. The van der Waals surface area contributed by atoms with E-state index in [4.69, 9.17) is 16.3 Å². The molecule has 1 aromatic carbocycles. The number of morpholine rings is 1. The molecule has 0 unspecified atom stereocenters. The van der Waals surface area contributed by atoms with Crippen LogP contribution in [0.2, 0.25) is 5.15 Å². The smallest absolute Gasteiger partial charge is 0.243 e. The highest BCUT2D eigenvalue weighted by Gasteiger charge is 2.25. The molecule has 0 saturated carbocycles. The summed E-state index contributed by atoms with van der Waals surface area (Å²) in [5.41, 5.74) is 1.04. The molecule has 1 N–H and O–H groups in total. The van der Waals surface area contributed by atoms with Gasteiger partial charge in [-0.15, -0.1) is 0 Å². The van der Waals surface area contributed by atoms with Gasteiger partial charge in [0.2, 0.25) is 10.0 Å². The van der Waals surface area contributed by atoms with Crippen LogP contribution < -0.4 is 5.32 Å². The molecule has 1 aliphatic heterocycles. The second kappa shape index (κ2) is 8.97. The Balaban J connectivity index is 1.58. The molecule has 0 amide bonds. The van der Waals surface area contributed by atoms with Gasteiger partial charge in [-0.2, -0.15) is 4.31 Å². The monoisotopic (exact) mass is 410 g/mol. The third-order valence-electron chi connectivity index (χ3n) is 4.31. The van der Waals surface area contributed by atoms with Crippen molar-refractivity contribution in [2.45, 2.75) is 24.7 Å². The van der Waals surface area contributed by atoms with Gasteiger partial charge in [0.1, 0.15) is 16.8 Å². The quantitative estimate of drug-likeness (QED) is 0.705. The van der Waals surface area contributed by atoms with Crippen molar-refractivity contribution < 1.29 is 13.2 Å². The minimum absolute atomic E-state index is 0.316. The predicted molar refractivity (Wildman–Crippen MR) is 105 cm³/mol. The average Bonchev–Trinajstić information content (AvgIpc) is 2.68. The van der Waals surface area contributed by atoms with E-state index in [1.165, 1.54) is 4.31 Å². The number of nitrogens with zero attached hydrogens (tertiary/aromatic N) is 3. The second-order valence-electron chi connectivity index (χ2n) is 6.18. The summed E-state index contributed by atoms with van der Waals surface area (Å²) in [5, 5.41) is 3.65. The van der Waals surface area contributed by atoms with Crippen molar-refractivity contribution >= 4 is 27.4 Å². The highest BCUT2D eigenvalue weighted by atomic mass is 35.5. The van der Waals surface area contributed by atoms with Crippen LogP contribution >= 0.6 is 11.6 Å². The van der Waals surface area contributed by atoms with Crippen LogP contribution in [-0.4, -0.2) is 55.5 Å². The van der Waals surface area contributed by atoms with E-state index in [1.54, 1.807) is 18.2 Å². The van der Waals surface area contributed by atoms with E-state index in [0.29, 0.717) is 61.0 Å². The lowest BCUT2D eigenvalue weighted by molar-refractivity contribution is 0.0730. The van der Waals surface area contributed by atoms with Crippen LogP contribution in [0.25, 0.3) is 0 Å². The Bertz CT molecular complexity index is 869. The van der Waals surface area contributed by atoms with Gasteiger partial charge in [-0.25, -0.2) is 18.4 Å². The second-order valence-corrected chi connectivity index (χ2v) is 8.51. The molecule has 0 atom stereocenters. The Morgan fingerprint density at radius 1 is 1.19 bits per heavy atom.